The molecule has 0 heterocycles. The van der Waals surface area contributed by atoms with Crippen molar-refractivity contribution in [2.75, 3.05) is 0 Å². The summed E-state index contributed by atoms with van der Waals surface area (Å²) in [5.41, 5.74) is 3.70. The van der Waals surface area contributed by atoms with Gasteiger partial charge in [-0.2, -0.15) is 0 Å². The minimum atomic E-state index is -3.60. The van der Waals surface area contributed by atoms with Gasteiger partial charge < -0.3 is 0 Å². The summed E-state index contributed by atoms with van der Waals surface area (Å²) in [5.74, 6) is -0.295. The van der Waals surface area contributed by atoms with E-state index in [2.05, 4.69) is 4.72 Å². The van der Waals surface area contributed by atoms with Crippen molar-refractivity contribution < 1.29 is 12.8 Å². The maximum Gasteiger partial charge on any atom is 0.241 e. The number of aryl methyl sites for hydroxylation is 4. The fourth-order valence-electron chi connectivity index (χ4n) is 2.66. The highest BCUT2D eigenvalue weighted by atomic mass is 32.2. The summed E-state index contributed by atoms with van der Waals surface area (Å²) >= 11 is 0. The van der Waals surface area contributed by atoms with Crippen LogP contribution in [0.4, 0.5) is 4.39 Å². The lowest BCUT2D eigenvalue weighted by Gasteiger charge is -2.13. The Morgan fingerprint density at radius 3 is 2.09 bits per heavy atom. The summed E-state index contributed by atoms with van der Waals surface area (Å²) in [6, 6.07) is 8.28. The maximum atomic E-state index is 13.2. The molecule has 0 unspecified atom stereocenters. The Labute approximate surface area is 131 Å². The molecule has 0 fully saturated rings. The molecule has 0 saturated carbocycles. The van der Waals surface area contributed by atoms with Crippen LogP contribution in [0.3, 0.4) is 0 Å². The Morgan fingerprint density at radius 1 is 0.955 bits per heavy atom. The first-order chi connectivity index (χ1) is 10.2. The molecule has 0 saturated heterocycles. The molecular formula is C17H20FNO2S. The molecule has 2 aromatic carbocycles. The number of benzene rings is 2. The average molecular weight is 321 g/mol. The predicted molar refractivity (Wildman–Crippen MR) is 85.8 cm³/mol. The fourth-order valence-corrected chi connectivity index (χ4v) is 4.12. The van der Waals surface area contributed by atoms with E-state index in [0.717, 1.165) is 22.3 Å². The fraction of sp³-hybridized carbons (Fsp3) is 0.294. The number of rotatable bonds is 4. The van der Waals surface area contributed by atoms with E-state index in [-0.39, 0.29) is 12.4 Å². The lowest BCUT2D eigenvalue weighted by molar-refractivity contribution is 0.579. The van der Waals surface area contributed by atoms with Gasteiger partial charge in [0, 0.05) is 6.54 Å². The van der Waals surface area contributed by atoms with Gasteiger partial charge in [-0.25, -0.2) is 17.5 Å². The van der Waals surface area contributed by atoms with Gasteiger partial charge in [-0.15, -0.1) is 0 Å². The van der Waals surface area contributed by atoms with Crippen molar-refractivity contribution in [3.8, 4) is 0 Å². The number of sulfonamides is 1. The second-order valence-electron chi connectivity index (χ2n) is 5.64. The van der Waals surface area contributed by atoms with Crippen LogP contribution in [0.25, 0.3) is 0 Å². The summed E-state index contributed by atoms with van der Waals surface area (Å²) in [6.45, 7) is 7.30. The van der Waals surface area contributed by atoms with Gasteiger partial charge in [-0.05, 0) is 56.0 Å². The smallest absolute Gasteiger partial charge is 0.207 e. The quantitative estimate of drug-likeness (QED) is 0.936. The summed E-state index contributed by atoms with van der Waals surface area (Å²) in [7, 11) is -3.60. The van der Waals surface area contributed by atoms with Crippen LogP contribution in [0.1, 0.15) is 27.8 Å². The molecule has 2 rings (SSSR count). The number of hydrogen-bond acceptors (Lipinski definition) is 2. The van der Waals surface area contributed by atoms with Crippen molar-refractivity contribution in [2.45, 2.75) is 39.1 Å². The van der Waals surface area contributed by atoms with Crippen LogP contribution in [-0.4, -0.2) is 8.42 Å². The molecule has 0 bridgehead atoms. The number of halogens is 1. The van der Waals surface area contributed by atoms with E-state index in [9.17, 15) is 12.8 Å². The monoisotopic (exact) mass is 321 g/mol. The second-order valence-corrected chi connectivity index (χ2v) is 7.34. The molecule has 0 atom stereocenters. The molecule has 0 radical (unpaired) electrons. The molecule has 0 spiro atoms. The van der Waals surface area contributed by atoms with Crippen LogP contribution in [0, 0.1) is 33.5 Å². The molecule has 1 N–H and O–H groups in total. The second kappa shape index (κ2) is 6.18. The van der Waals surface area contributed by atoms with Crippen molar-refractivity contribution in [2.24, 2.45) is 0 Å². The third kappa shape index (κ3) is 3.54. The van der Waals surface area contributed by atoms with E-state index in [4.69, 9.17) is 0 Å². The lowest BCUT2D eigenvalue weighted by atomic mass is 10.1. The van der Waals surface area contributed by atoms with Gasteiger partial charge in [-0.1, -0.05) is 29.8 Å². The predicted octanol–water partition coefficient (Wildman–Crippen LogP) is 3.54. The Balaban J connectivity index is 2.27. The molecule has 22 heavy (non-hydrogen) atoms. The topological polar surface area (TPSA) is 46.2 Å². The molecule has 0 aromatic heterocycles. The van der Waals surface area contributed by atoms with Crippen LogP contribution in [0.5, 0.6) is 0 Å². The molecule has 3 nitrogen and oxygen atoms in total. The van der Waals surface area contributed by atoms with Crippen molar-refractivity contribution >= 4 is 10.0 Å². The van der Waals surface area contributed by atoms with Gasteiger partial charge in [0.2, 0.25) is 10.0 Å². The highest BCUT2D eigenvalue weighted by Crippen LogP contribution is 2.22. The third-order valence-corrected chi connectivity index (χ3v) is 5.27. The zero-order valence-electron chi connectivity index (χ0n) is 13.2. The van der Waals surface area contributed by atoms with Crippen molar-refractivity contribution in [3.63, 3.8) is 0 Å². The van der Waals surface area contributed by atoms with Gasteiger partial charge in [0.1, 0.15) is 5.82 Å². The van der Waals surface area contributed by atoms with Gasteiger partial charge >= 0.3 is 0 Å². The normalized spacial score (nSPS) is 11.7. The van der Waals surface area contributed by atoms with E-state index in [1.54, 1.807) is 32.9 Å². The minimum absolute atomic E-state index is 0.135. The molecule has 0 amide bonds. The Morgan fingerprint density at radius 2 is 1.55 bits per heavy atom. The standard InChI is InChI=1S/C17H20FNO2S/c1-11-7-13(3)17(14(4)8-11)22(20,21)19-10-15-5-6-16(18)12(2)9-15/h5-9,19H,10H2,1-4H3. The summed E-state index contributed by atoms with van der Waals surface area (Å²) < 4.78 is 40.9. The van der Waals surface area contributed by atoms with Gasteiger partial charge in [0.05, 0.1) is 4.90 Å². The van der Waals surface area contributed by atoms with E-state index < -0.39 is 10.0 Å². The summed E-state index contributed by atoms with van der Waals surface area (Å²) in [5, 5.41) is 0. The molecular weight excluding hydrogens is 301 g/mol. The summed E-state index contributed by atoms with van der Waals surface area (Å²) in [6.07, 6.45) is 0. The van der Waals surface area contributed by atoms with Gasteiger partial charge in [0.15, 0.2) is 0 Å². The highest BCUT2D eigenvalue weighted by molar-refractivity contribution is 7.89. The van der Waals surface area contributed by atoms with Crippen LogP contribution in [0.15, 0.2) is 35.2 Å². The number of nitrogens with one attached hydrogen (secondary N) is 1. The molecule has 0 aliphatic rings. The maximum absolute atomic E-state index is 13.2. The summed E-state index contributed by atoms with van der Waals surface area (Å²) in [4.78, 5) is 0.317. The molecule has 0 aliphatic carbocycles. The molecule has 5 heteroatoms. The highest BCUT2D eigenvalue weighted by Gasteiger charge is 2.19. The van der Waals surface area contributed by atoms with E-state index in [0.29, 0.717) is 10.5 Å². The van der Waals surface area contributed by atoms with Crippen LogP contribution in [0.2, 0.25) is 0 Å². The SMILES string of the molecule is Cc1cc(C)c(S(=O)(=O)NCc2ccc(F)c(C)c2)c(C)c1. The van der Waals surface area contributed by atoms with Gasteiger partial charge in [-0.3, -0.25) is 0 Å². The van der Waals surface area contributed by atoms with Crippen molar-refractivity contribution in [1.82, 2.24) is 4.72 Å². The molecule has 118 valence electrons. The van der Waals surface area contributed by atoms with Crippen LogP contribution >= 0.6 is 0 Å². The molecule has 2 aromatic rings. The van der Waals surface area contributed by atoms with E-state index in [1.807, 2.05) is 19.1 Å². The first kappa shape index (κ1) is 16.6. The first-order valence-corrected chi connectivity index (χ1v) is 8.51. The molecule has 0 aliphatic heterocycles. The van der Waals surface area contributed by atoms with Gasteiger partial charge in [0.25, 0.3) is 0 Å². The zero-order chi connectivity index (χ0) is 16.5. The Bertz CT molecular complexity index is 790. The number of hydrogen-bond donors (Lipinski definition) is 1. The Hall–Kier alpha value is -1.72. The average Bonchev–Trinajstić information content (AvgIpc) is 2.38. The Kier molecular flexibility index (Phi) is 4.68. The van der Waals surface area contributed by atoms with Crippen LogP contribution < -0.4 is 4.72 Å². The first-order valence-electron chi connectivity index (χ1n) is 7.03. The minimum Gasteiger partial charge on any atom is -0.207 e. The van der Waals surface area contributed by atoms with E-state index >= 15 is 0 Å². The lowest BCUT2D eigenvalue weighted by Crippen LogP contribution is -2.25. The largest absolute Gasteiger partial charge is 0.241 e. The van der Waals surface area contributed by atoms with Crippen molar-refractivity contribution in [1.29, 1.82) is 0 Å². The zero-order valence-corrected chi connectivity index (χ0v) is 14.0. The van der Waals surface area contributed by atoms with E-state index in [1.165, 1.54) is 6.07 Å². The van der Waals surface area contributed by atoms with Crippen LogP contribution in [-0.2, 0) is 16.6 Å². The van der Waals surface area contributed by atoms with Crippen molar-refractivity contribution in [3.05, 3.63) is 64.0 Å². The third-order valence-electron chi connectivity index (χ3n) is 3.56.